The molecule has 0 aromatic heterocycles. The van der Waals surface area contributed by atoms with Crippen LogP contribution in [0.15, 0.2) is 30.3 Å². The SMILES string of the molecule is CN[C@@H](Cc1ccccc1)C(=O)CCC(=O)NCC(=O)O. The van der Waals surface area contributed by atoms with E-state index in [9.17, 15) is 14.4 Å². The van der Waals surface area contributed by atoms with Crippen molar-refractivity contribution in [1.29, 1.82) is 0 Å². The fourth-order valence-electron chi connectivity index (χ4n) is 1.90. The Morgan fingerprint density at radius 1 is 1.14 bits per heavy atom. The number of ketones is 1. The van der Waals surface area contributed by atoms with Crippen LogP contribution in [0.5, 0.6) is 0 Å². The van der Waals surface area contributed by atoms with E-state index in [-0.39, 0.29) is 24.7 Å². The molecule has 0 fully saturated rings. The maximum absolute atomic E-state index is 12.1. The van der Waals surface area contributed by atoms with Gasteiger partial charge in [-0.05, 0) is 19.0 Å². The molecule has 0 aliphatic carbocycles. The molecule has 0 aliphatic heterocycles. The van der Waals surface area contributed by atoms with E-state index >= 15 is 0 Å². The zero-order valence-electron chi connectivity index (χ0n) is 12.0. The number of carbonyl (C=O) groups excluding carboxylic acids is 2. The van der Waals surface area contributed by atoms with Crippen molar-refractivity contribution >= 4 is 17.7 Å². The second-order valence-electron chi connectivity index (χ2n) is 4.67. The fraction of sp³-hybridized carbons (Fsp3) is 0.400. The first kappa shape index (κ1) is 16.8. The van der Waals surface area contributed by atoms with Crippen LogP contribution in [0.3, 0.4) is 0 Å². The Morgan fingerprint density at radius 2 is 1.81 bits per heavy atom. The molecular formula is C15H20N2O4. The van der Waals surface area contributed by atoms with Gasteiger partial charge in [0, 0.05) is 12.8 Å². The van der Waals surface area contributed by atoms with Crippen LogP contribution in [-0.2, 0) is 20.8 Å². The molecule has 3 N–H and O–H groups in total. The van der Waals surface area contributed by atoms with Gasteiger partial charge in [0.15, 0.2) is 5.78 Å². The Bertz CT molecular complexity index is 488. The van der Waals surface area contributed by atoms with E-state index in [0.29, 0.717) is 6.42 Å². The van der Waals surface area contributed by atoms with Crippen LogP contribution in [0.2, 0.25) is 0 Å². The molecule has 0 radical (unpaired) electrons. The average molecular weight is 292 g/mol. The van der Waals surface area contributed by atoms with Crippen molar-refractivity contribution < 1.29 is 19.5 Å². The molecule has 0 spiro atoms. The summed E-state index contributed by atoms with van der Waals surface area (Å²) in [6.45, 7) is -0.424. The molecule has 0 bridgehead atoms. The maximum atomic E-state index is 12.1. The Morgan fingerprint density at radius 3 is 2.38 bits per heavy atom. The number of Topliss-reactive ketones (excluding diaryl/α,β-unsaturated/α-hetero) is 1. The van der Waals surface area contributed by atoms with E-state index in [2.05, 4.69) is 10.6 Å². The van der Waals surface area contributed by atoms with E-state index in [4.69, 9.17) is 5.11 Å². The summed E-state index contributed by atoms with van der Waals surface area (Å²) in [5, 5.41) is 13.6. The number of carbonyl (C=O) groups is 3. The summed E-state index contributed by atoms with van der Waals surface area (Å²) in [6.07, 6.45) is 0.649. The number of amides is 1. The van der Waals surface area contributed by atoms with E-state index in [1.54, 1.807) is 7.05 Å². The molecular weight excluding hydrogens is 272 g/mol. The second kappa shape index (κ2) is 8.86. The minimum Gasteiger partial charge on any atom is -0.480 e. The normalized spacial score (nSPS) is 11.7. The minimum absolute atomic E-state index is 0.000910. The molecule has 0 unspecified atom stereocenters. The van der Waals surface area contributed by atoms with Gasteiger partial charge in [0.1, 0.15) is 6.54 Å². The topological polar surface area (TPSA) is 95.5 Å². The maximum Gasteiger partial charge on any atom is 0.322 e. The quantitative estimate of drug-likeness (QED) is 0.611. The van der Waals surface area contributed by atoms with Gasteiger partial charge in [-0.2, -0.15) is 0 Å². The monoisotopic (exact) mass is 292 g/mol. The lowest BCUT2D eigenvalue weighted by molar-refractivity contribution is -0.138. The van der Waals surface area contributed by atoms with Crippen molar-refractivity contribution in [1.82, 2.24) is 10.6 Å². The smallest absolute Gasteiger partial charge is 0.322 e. The molecule has 1 aromatic carbocycles. The molecule has 1 amide bonds. The number of rotatable bonds is 9. The standard InChI is InChI=1S/C15H20N2O4/c1-16-12(9-11-5-3-2-4-6-11)13(18)7-8-14(19)17-10-15(20)21/h2-6,12,16H,7-10H2,1H3,(H,17,19)(H,20,21)/t12-/m0/s1. The number of carboxylic acids is 1. The van der Waals surface area contributed by atoms with Gasteiger partial charge in [-0.3, -0.25) is 14.4 Å². The highest BCUT2D eigenvalue weighted by molar-refractivity contribution is 5.89. The first-order valence-electron chi connectivity index (χ1n) is 6.75. The Kier molecular flexibility index (Phi) is 7.11. The summed E-state index contributed by atoms with van der Waals surface area (Å²) in [6, 6.07) is 9.26. The summed E-state index contributed by atoms with van der Waals surface area (Å²) in [4.78, 5) is 33.7. The van der Waals surface area contributed by atoms with Crippen LogP contribution in [0.1, 0.15) is 18.4 Å². The lowest BCUT2D eigenvalue weighted by Crippen LogP contribution is -2.37. The van der Waals surface area contributed by atoms with Gasteiger partial charge in [0.05, 0.1) is 6.04 Å². The van der Waals surface area contributed by atoms with Crippen molar-refractivity contribution in [3.05, 3.63) is 35.9 Å². The molecule has 0 aliphatic rings. The van der Waals surface area contributed by atoms with Crippen LogP contribution < -0.4 is 10.6 Å². The van der Waals surface area contributed by atoms with Crippen molar-refractivity contribution in [2.75, 3.05) is 13.6 Å². The van der Waals surface area contributed by atoms with Gasteiger partial charge < -0.3 is 15.7 Å². The Hall–Kier alpha value is -2.21. The third-order valence-electron chi connectivity index (χ3n) is 3.06. The van der Waals surface area contributed by atoms with Gasteiger partial charge in [-0.25, -0.2) is 0 Å². The highest BCUT2D eigenvalue weighted by atomic mass is 16.4. The van der Waals surface area contributed by atoms with Gasteiger partial charge in [0.25, 0.3) is 0 Å². The second-order valence-corrected chi connectivity index (χ2v) is 4.67. The molecule has 0 heterocycles. The highest BCUT2D eigenvalue weighted by Crippen LogP contribution is 2.06. The molecule has 6 nitrogen and oxygen atoms in total. The van der Waals surface area contributed by atoms with E-state index < -0.39 is 18.4 Å². The fourth-order valence-corrected chi connectivity index (χ4v) is 1.90. The van der Waals surface area contributed by atoms with E-state index in [1.807, 2.05) is 30.3 Å². The zero-order chi connectivity index (χ0) is 15.7. The number of aliphatic carboxylic acids is 1. The van der Waals surface area contributed by atoms with Crippen molar-refractivity contribution in [3.63, 3.8) is 0 Å². The predicted molar refractivity (Wildman–Crippen MR) is 77.9 cm³/mol. The summed E-state index contributed by atoms with van der Waals surface area (Å²) in [7, 11) is 1.70. The zero-order valence-corrected chi connectivity index (χ0v) is 12.0. The number of nitrogens with one attached hydrogen (secondary N) is 2. The minimum atomic E-state index is -1.10. The molecule has 1 aromatic rings. The van der Waals surface area contributed by atoms with Crippen LogP contribution in [0.4, 0.5) is 0 Å². The van der Waals surface area contributed by atoms with Crippen LogP contribution in [0.25, 0.3) is 0 Å². The predicted octanol–water partition coefficient (Wildman–Crippen LogP) is 0.367. The highest BCUT2D eigenvalue weighted by Gasteiger charge is 2.17. The van der Waals surface area contributed by atoms with Crippen molar-refractivity contribution in [2.24, 2.45) is 0 Å². The third-order valence-corrected chi connectivity index (χ3v) is 3.06. The average Bonchev–Trinajstić information content (AvgIpc) is 2.49. The summed E-state index contributed by atoms with van der Waals surface area (Å²) in [5.74, 6) is -1.60. The largest absolute Gasteiger partial charge is 0.480 e. The van der Waals surface area contributed by atoms with Gasteiger partial charge in [-0.15, -0.1) is 0 Å². The lowest BCUT2D eigenvalue weighted by atomic mass is 10.00. The Balaban J connectivity index is 2.41. The molecule has 1 rings (SSSR count). The van der Waals surface area contributed by atoms with E-state index in [0.717, 1.165) is 5.56 Å². The van der Waals surface area contributed by atoms with Gasteiger partial charge in [-0.1, -0.05) is 30.3 Å². The van der Waals surface area contributed by atoms with Crippen LogP contribution >= 0.6 is 0 Å². The number of carboxylic acid groups (broad SMARTS) is 1. The van der Waals surface area contributed by atoms with Crippen molar-refractivity contribution in [2.45, 2.75) is 25.3 Å². The molecule has 0 saturated heterocycles. The summed E-state index contributed by atoms with van der Waals surface area (Å²) >= 11 is 0. The van der Waals surface area contributed by atoms with E-state index in [1.165, 1.54) is 0 Å². The first-order chi connectivity index (χ1) is 10.0. The van der Waals surface area contributed by atoms with Gasteiger partial charge in [0.2, 0.25) is 5.91 Å². The van der Waals surface area contributed by atoms with Crippen LogP contribution in [-0.4, -0.2) is 42.4 Å². The lowest BCUT2D eigenvalue weighted by Gasteiger charge is -2.15. The number of hydrogen-bond acceptors (Lipinski definition) is 4. The third kappa shape index (κ3) is 6.67. The first-order valence-corrected chi connectivity index (χ1v) is 6.75. The van der Waals surface area contributed by atoms with Crippen molar-refractivity contribution in [3.8, 4) is 0 Å². The summed E-state index contributed by atoms with van der Waals surface area (Å²) in [5.41, 5.74) is 1.04. The van der Waals surface area contributed by atoms with Crippen LogP contribution in [0, 0.1) is 0 Å². The molecule has 114 valence electrons. The number of benzene rings is 1. The molecule has 1 atom stereocenters. The summed E-state index contributed by atoms with van der Waals surface area (Å²) < 4.78 is 0. The molecule has 0 saturated carbocycles. The van der Waals surface area contributed by atoms with Gasteiger partial charge >= 0.3 is 5.97 Å². The number of hydrogen-bond donors (Lipinski definition) is 3. The molecule has 6 heteroatoms. The number of likely N-dealkylation sites (N-methyl/N-ethyl adjacent to an activating group) is 1. The molecule has 21 heavy (non-hydrogen) atoms. The Labute approximate surface area is 123 Å².